The first-order valence-corrected chi connectivity index (χ1v) is 6.03. The predicted molar refractivity (Wildman–Crippen MR) is 64.9 cm³/mol. The summed E-state index contributed by atoms with van der Waals surface area (Å²) in [5.74, 6) is 5.05. The zero-order chi connectivity index (χ0) is 12.8. The van der Waals surface area contributed by atoms with E-state index in [1.54, 1.807) is 6.92 Å². The van der Waals surface area contributed by atoms with E-state index < -0.39 is 0 Å². The molecule has 1 rings (SSSR count). The molecular formula is C11H22N4O2. The average Bonchev–Trinajstić information content (AvgIpc) is 2.54. The van der Waals surface area contributed by atoms with E-state index in [1.165, 1.54) is 0 Å². The predicted octanol–water partition coefficient (Wildman–Crippen LogP) is -0.691. The van der Waals surface area contributed by atoms with E-state index in [9.17, 15) is 9.59 Å². The van der Waals surface area contributed by atoms with Crippen molar-refractivity contribution in [2.24, 2.45) is 5.84 Å². The largest absolute Gasteiger partial charge is 0.342 e. The van der Waals surface area contributed by atoms with Crippen molar-refractivity contribution in [3.05, 3.63) is 0 Å². The molecule has 1 aliphatic rings. The van der Waals surface area contributed by atoms with E-state index in [4.69, 9.17) is 5.84 Å². The Kier molecular flexibility index (Phi) is 5.37. The van der Waals surface area contributed by atoms with Gasteiger partial charge in [0.15, 0.2) is 0 Å². The maximum Gasteiger partial charge on any atom is 0.235 e. The smallest absolute Gasteiger partial charge is 0.235 e. The topological polar surface area (TPSA) is 78.7 Å². The fraction of sp³-hybridized carbons (Fsp3) is 0.818. The summed E-state index contributed by atoms with van der Waals surface area (Å²) in [6.07, 6.45) is 1.35. The summed E-state index contributed by atoms with van der Waals surface area (Å²) in [6, 6.07) is 0.158. The lowest BCUT2D eigenvalue weighted by molar-refractivity contribution is -0.128. The van der Waals surface area contributed by atoms with Gasteiger partial charge in [-0.15, -0.1) is 0 Å². The van der Waals surface area contributed by atoms with Crippen molar-refractivity contribution in [3.8, 4) is 0 Å². The minimum absolute atomic E-state index is 0.124. The molecule has 17 heavy (non-hydrogen) atoms. The van der Waals surface area contributed by atoms with Gasteiger partial charge in [-0.2, -0.15) is 0 Å². The minimum atomic E-state index is -0.148. The summed E-state index contributed by atoms with van der Waals surface area (Å²) < 4.78 is 0. The van der Waals surface area contributed by atoms with Crippen LogP contribution in [-0.2, 0) is 9.59 Å². The SMILES string of the molecule is CC(=O)N1CCCN(C(C)CC(=O)NN)CC1. The molecule has 0 radical (unpaired) electrons. The van der Waals surface area contributed by atoms with Crippen LogP contribution in [0, 0.1) is 0 Å². The number of carbonyl (C=O) groups is 2. The van der Waals surface area contributed by atoms with Crippen LogP contribution in [0.2, 0.25) is 0 Å². The number of nitrogens with zero attached hydrogens (tertiary/aromatic N) is 2. The van der Waals surface area contributed by atoms with E-state index >= 15 is 0 Å². The first-order valence-electron chi connectivity index (χ1n) is 6.03. The summed E-state index contributed by atoms with van der Waals surface area (Å²) in [5.41, 5.74) is 2.15. The van der Waals surface area contributed by atoms with E-state index in [0.29, 0.717) is 6.42 Å². The average molecular weight is 242 g/mol. The van der Waals surface area contributed by atoms with Gasteiger partial charge in [-0.05, 0) is 13.3 Å². The molecule has 0 aliphatic carbocycles. The van der Waals surface area contributed by atoms with Crippen LogP contribution >= 0.6 is 0 Å². The number of hydrazine groups is 1. The first-order chi connectivity index (χ1) is 8.04. The van der Waals surface area contributed by atoms with Crippen LogP contribution in [0.4, 0.5) is 0 Å². The molecule has 1 saturated heterocycles. The molecule has 0 aromatic heterocycles. The Morgan fingerprint density at radius 3 is 2.59 bits per heavy atom. The molecule has 0 saturated carbocycles. The molecule has 0 aromatic rings. The van der Waals surface area contributed by atoms with Crippen LogP contribution in [0.1, 0.15) is 26.7 Å². The molecule has 1 aliphatic heterocycles. The van der Waals surface area contributed by atoms with E-state index in [2.05, 4.69) is 10.3 Å². The quantitative estimate of drug-likeness (QED) is 0.390. The summed E-state index contributed by atoms with van der Waals surface area (Å²) in [4.78, 5) is 26.6. The van der Waals surface area contributed by atoms with Crippen molar-refractivity contribution < 1.29 is 9.59 Å². The molecule has 0 bridgehead atoms. The van der Waals surface area contributed by atoms with Crippen LogP contribution in [0.3, 0.4) is 0 Å². The van der Waals surface area contributed by atoms with Gasteiger partial charge >= 0.3 is 0 Å². The molecular weight excluding hydrogens is 220 g/mol. The molecule has 2 amide bonds. The van der Waals surface area contributed by atoms with Crippen LogP contribution in [0.15, 0.2) is 0 Å². The highest BCUT2D eigenvalue weighted by Crippen LogP contribution is 2.09. The lowest BCUT2D eigenvalue weighted by Crippen LogP contribution is -2.41. The number of nitrogens with one attached hydrogen (secondary N) is 1. The van der Waals surface area contributed by atoms with Crippen molar-refractivity contribution in [3.63, 3.8) is 0 Å². The Balaban J connectivity index is 2.45. The van der Waals surface area contributed by atoms with Gasteiger partial charge in [0.1, 0.15) is 0 Å². The number of nitrogens with two attached hydrogens (primary N) is 1. The van der Waals surface area contributed by atoms with Crippen molar-refractivity contribution in [2.45, 2.75) is 32.7 Å². The van der Waals surface area contributed by atoms with Gasteiger partial charge in [-0.1, -0.05) is 0 Å². The zero-order valence-corrected chi connectivity index (χ0v) is 10.6. The standard InChI is InChI=1S/C11H22N4O2/c1-9(8-11(17)13-12)14-4-3-5-15(7-6-14)10(2)16/h9H,3-8,12H2,1-2H3,(H,13,17). The van der Waals surface area contributed by atoms with Gasteiger partial charge in [0.2, 0.25) is 11.8 Å². The molecule has 6 nitrogen and oxygen atoms in total. The second-order valence-electron chi connectivity index (χ2n) is 4.52. The van der Waals surface area contributed by atoms with Crippen LogP contribution in [-0.4, -0.2) is 53.8 Å². The second-order valence-corrected chi connectivity index (χ2v) is 4.52. The highest BCUT2D eigenvalue weighted by molar-refractivity contribution is 5.75. The third-order valence-electron chi connectivity index (χ3n) is 3.24. The van der Waals surface area contributed by atoms with E-state index in [0.717, 1.165) is 32.6 Å². The Hall–Kier alpha value is -1.14. The zero-order valence-electron chi connectivity index (χ0n) is 10.6. The second kappa shape index (κ2) is 6.56. The Morgan fingerprint density at radius 1 is 1.29 bits per heavy atom. The molecule has 0 spiro atoms. The van der Waals surface area contributed by atoms with Gasteiger partial charge in [0.05, 0.1) is 0 Å². The number of hydrogen-bond donors (Lipinski definition) is 2. The van der Waals surface area contributed by atoms with Crippen molar-refractivity contribution in [1.82, 2.24) is 15.2 Å². The lowest BCUT2D eigenvalue weighted by Gasteiger charge is -2.27. The molecule has 1 heterocycles. The van der Waals surface area contributed by atoms with Gasteiger partial charge in [-0.3, -0.25) is 19.9 Å². The van der Waals surface area contributed by atoms with Crippen LogP contribution in [0.5, 0.6) is 0 Å². The molecule has 3 N–H and O–H groups in total. The van der Waals surface area contributed by atoms with Gasteiger partial charge in [0.25, 0.3) is 0 Å². The molecule has 1 fully saturated rings. The van der Waals surface area contributed by atoms with E-state index in [1.807, 2.05) is 11.8 Å². The Labute approximate surface area is 102 Å². The molecule has 6 heteroatoms. The number of amides is 2. The van der Waals surface area contributed by atoms with Gasteiger partial charge < -0.3 is 4.90 Å². The Bertz CT molecular complexity index is 283. The fourth-order valence-corrected chi connectivity index (χ4v) is 2.15. The van der Waals surface area contributed by atoms with Crippen molar-refractivity contribution >= 4 is 11.8 Å². The maximum atomic E-state index is 11.3. The third kappa shape index (κ3) is 4.32. The van der Waals surface area contributed by atoms with E-state index in [-0.39, 0.29) is 17.9 Å². The molecule has 1 unspecified atom stereocenters. The van der Waals surface area contributed by atoms with Crippen LogP contribution in [0.25, 0.3) is 0 Å². The number of carbonyl (C=O) groups excluding carboxylic acids is 2. The van der Waals surface area contributed by atoms with Crippen molar-refractivity contribution in [1.29, 1.82) is 0 Å². The monoisotopic (exact) mass is 242 g/mol. The van der Waals surface area contributed by atoms with Gasteiger partial charge in [-0.25, -0.2) is 5.84 Å². The number of hydrogen-bond acceptors (Lipinski definition) is 4. The summed E-state index contributed by atoms with van der Waals surface area (Å²) in [5, 5.41) is 0. The minimum Gasteiger partial charge on any atom is -0.342 e. The van der Waals surface area contributed by atoms with Crippen LogP contribution < -0.4 is 11.3 Å². The summed E-state index contributed by atoms with van der Waals surface area (Å²) in [6.45, 7) is 6.90. The highest BCUT2D eigenvalue weighted by Gasteiger charge is 2.21. The lowest BCUT2D eigenvalue weighted by atomic mass is 10.2. The maximum absolute atomic E-state index is 11.3. The van der Waals surface area contributed by atoms with Gasteiger partial charge in [0, 0.05) is 45.6 Å². The highest BCUT2D eigenvalue weighted by atomic mass is 16.2. The number of rotatable bonds is 3. The summed E-state index contributed by atoms with van der Waals surface area (Å²) >= 11 is 0. The normalized spacial score (nSPS) is 19.6. The molecule has 1 atom stereocenters. The Morgan fingerprint density at radius 2 is 2.00 bits per heavy atom. The fourth-order valence-electron chi connectivity index (χ4n) is 2.15. The molecule has 0 aromatic carbocycles. The third-order valence-corrected chi connectivity index (χ3v) is 3.24. The first kappa shape index (κ1) is 13.9. The summed E-state index contributed by atoms with van der Waals surface area (Å²) in [7, 11) is 0. The molecule has 98 valence electrons. The van der Waals surface area contributed by atoms with Crippen molar-refractivity contribution in [2.75, 3.05) is 26.2 Å².